The van der Waals surface area contributed by atoms with Crippen LogP contribution in [0.3, 0.4) is 0 Å². The van der Waals surface area contributed by atoms with Crippen molar-refractivity contribution < 1.29 is 4.79 Å². The van der Waals surface area contributed by atoms with Crippen LogP contribution in [0.4, 0.5) is 0 Å². The summed E-state index contributed by atoms with van der Waals surface area (Å²) in [5.74, 6) is 0. The fourth-order valence-corrected chi connectivity index (χ4v) is 2.31. The monoisotopic (exact) mass is 235 g/mol. The number of carbonyl (C=O) groups is 1. The molecule has 1 aliphatic rings. The number of aldehydes is 1. The van der Waals surface area contributed by atoms with Gasteiger partial charge in [0.25, 0.3) is 0 Å². The van der Waals surface area contributed by atoms with Crippen molar-refractivity contribution in [1.29, 1.82) is 0 Å². The van der Waals surface area contributed by atoms with Crippen molar-refractivity contribution in [2.45, 2.75) is 6.42 Å². The molecule has 1 heterocycles. The van der Waals surface area contributed by atoms with E-state index in [2.05, 4.69) is 23.2 Å². The van der Waals surface area contributed by atoms with E-state index < -0.39 is 0 Å². The van der Waals surface area contributed by atoms with Gasteiger partial charge in [-0.3, -0.25) is 9.79 Å². The Balaban J connectivity index is 2.06. The SMILES string of the molecule is O=Cc1ccc(C2=NCCc3ccccc32)cc1. The van der Waals surface area contributed by atoms with Crippen molar-refractivity contribution in [2.75, 3.05) is 6.54 Å². The number of carbonyl (C=O) groups excluding carboxylic acids is 1. The Bertz CT molecular complexity index is 611. The van der Waals surface area contributed by atoms with Crippen molar-refractivity contribution in [3.05, 3.63) is 70.8 Å². The van der Waals surface area contributed by atoms with Crippen molar-refractivity contribution in [2.24, 2.45) is 4.99 Å². The lowest BCUT2D eigenvalue weighted by molar-refractivity contribution is 0.112. The molecule has 2 aromatic carbocycles. The molecule has 18 heavy (non-hydrogen) atoms. The molecule has 0 fully saturated rings. The second kappa shape index (κ2) is 4.57. The molecular formula is C16H13NO. The van der Waals surface area contributed by atoms with Crippen molar-refractivity contribution >= 4 is 12.0 Å². The third-order valence-corrected chi connectivity index (χ3v) is 3.24. The van der Waals surface area contributed by atoms with Gasteiger partial charge in [-0.1, -0.05) is 48.5 Å². The maximum Gasteiger partial charge on any atom is 0.150 e. The van der Waals surface area contributed by atoms with Gasteiger partial charge in [0.05, 0.1) is 5.71 Å². The van der Waals surface area contributed by atoms with Crippen LogP contribution in [-0.4, -0.2) is 18.5 Å². The Morgan fingerprint density at radius 2 is 1.78 bits per heavy atom. The van der Waals surface area contributed by atoms with Crippen LogP contribution in [0.5, 0.6) is 0 Å². The van der Waals surface area contributed by atoms with E-state index in [4.69, 9.17) is 0 Å². The highest BCUT2D eigenvalue weighted by Crippen LogP contribution is 2.20. The number of fused-ring (bicyclic) bond motifs is 1. The van der Waals surface area contributed by atoms with Gasteiger partial charge in [-0.05, 0) is 12.0 Å². The molecule has 1 aliphatic heterocycles. The molecule has 0 unspecified atom stereocenters. The van der Waals surface area contributed by atoms with E-state index in [0.29, 0.717) is 5.56 Å². The van der Waals surface area contributed by atoms with Crippen LogP contribution in [-0.2, 0) is 6.42 Å². The second-order valence-corrected chi connectivity index (χ2v) is 4.38. The summed E-state index contributed by atoms with van der Waals surface area (Å²) in [6.07, 6.45) is 1.87. The number of benzene rings is 2. The van der Waals surface area contributed by atoms with Crippen LogP contribution >= 0.6 is 0 Å². The van der Waals surface area contributed by atoms with Crippen molar-refractivity contribution in [3.8, 4) is 0 Å². The average Bonchev–Trinajstić information content (AvgIpc) is 2.47. The molecule has 0 N–H and O–H groups in total. The molecule has 0 saturated heterocycles. The molecule has 0 spiro atoms. The normalized spacial score (nSPS) is 13.7. The van der Waals surface area contributed by atoms with Gasteiger partial charge in [-0.25, -0.2) is 0 Å². The molecule has 0 bridgehead atoms. The summed E-state index contributed by atoms with van der Waals surface area (Å²) >= 11 is 0. The standard InChI is InChI=1S/C16H13NO/c18-11-12-5-7-14(8-6-12)16-15-4-2-1-3-13(15)9-10-17-16/h1-8,11H,9-10H2. The van der Waals surface area contributed by atoms with Gasteiger partial charge >= 0.3 is 0 Å². The van der Waals surface area contributed by atoms with E-state index >= 15 is 0 Å². The summed E-state index contributed by atoms with van der Waals surface area (Å²) < 4.78 is 0. The maximum atomic E-state index is 10.7. The first kappa shape index (κ1) is 10.9. The predicted octanol–water partition coefficient (Wildman–Crippen LogP) is 2.89. The Hall–Kier alpha value is -2.22. The Kier molecular flexibility index (Phi) is 2.77. The van der Waals surface area contributed by atoms with Crippen molar-refractivity contribution in [1.82, 2.24) is 0 Å². The maximum absolute atomic E-state index is 10.7. The highest BCUT2D eigenvalue weighted by molar-refractivity contribution is 6.14. The van der Waals surface area contributed by atoms with Crippen LogP contribution in [0.2, 0.25) is 0 Å². The van der Waals surface area contributed by atoms with Gasteiger partial charge in [0.15, 0.2) is 0 Å². The van der Waals surface area contributed by atoms with E-state index in [-0.39, 0.29) is 0 Å². The average molecular weight is 235 g/mol. The molecule has 0 atom stereocenters. The van der Waals surface area contributed by atoms with Crippen LogP contribution in [0.25, 0.3) is 0 Å². The topological polar surface area (TPSA) is 29.4 Å². The fourth-order valence-electron chi connectivity index (χ4n) is 2.31. The Labute approximate surface area is 106 Å². The summed E-state index contributed by atoms with van der Waals surface area (Å²) in [6.45, 7) is 0.835. The van der Waals surface area contributed by atoms with Gasteiger partial charge < -0.3 is 0 Å². The molecule has 0 amide bonds. The lowest BCUT2D eigenvalue weighted by Gasteiger charge is -2.16. The lowest BCUT2D eigenvalue weighted by Crippen LogP contribution is -2.13. The van der Waals surface area contributed by atoms with Crippen LogP contribution in [0.15, 0.2) is 53.5 Å². The molecule has 0 saturated carbocycles. The van der Waals surface area contributed by atoms with Gasteiger partial charge in [-0.15, -0.1) is 0 Å². The smallest absolute Gasteiger partial charge is 0.150 e. The quantitative estimate of drug-likeness (QED) is 0.736. The van der Waals surface area contributed by atoms with E-state index in [9.17, 15) is 4.79 Å². The zero-order valence-corrected chi connectivity index (χ0v) is 9.97. The summed E-state index contributed by atoms with van der Waals surface area (Å²) in [7, 11) is 0. The first-order valence-electron chi connectivity index (χ1n) is 6.07. The van der Waals surface area contributed by atoms with Gasteiger partial charge in [-0.2, -0.15) is 0 Å². The van der Waals surface area contributed by atoms with Gasteiger partial charge in [0.2, 0.25) is 0 Å². The van der Waals surface area contributed by atoms with Gasteiger partial charge in [0.1, 0.15) is 6.29 Å². The molecule has 0 aliphatic carbocycles. The highest BCUT2D eigenvalue weighted by atomic mass is 16.1. The van der Waals surface area contributed by atoms with E-state index in [0.717, 1.165) is 30.5 Å². The molecular weight excluding hydrogens is 222 g/mol. The summed E-state index contributed by atoms with van der Waals surface area (Å²) in [4.78, 5) is 15.3. The third-order valence-electron chi connectivity index (χ3n) is 3.24. The minimum absolute atomic E-state index is 0.698. The number of hydrogen-bond acceptors (Lipinski definition) is 2. The zero-order chi connectivity index (χ0) is 12.4. The van der Waals surface area contributed by atoms with Crippen LogP contribution < -0.4 is 0 Å². The largest absolute Gasteiger partial charge is 0.298 e. The van der Waals surface area contributed by atoms with Crippen molar-refractivity contribution in [3.63, 3.8) is 0 Å². The molecule has 2 aromatic rings. The molecule has 88 valence electrons. The number of aliphatic imine (C=N–C) groups is 1. The number of rotatable bonds is 2. The number of hydrogen-bond donors (Lipinski definition) is 0. The van der Waals surface area contributed by atoms with E-state index in [1.54, 1.807) is 0 Å². The summed E-state index contributed by atoms with van der Waals surface area (Å²) in [6, 6.07) is 16.0. The molecule has 2 heteroatoms. The molecule has 2 nitrogen and oxygen atoms in total. The molecule has 3 rings (SSSR count). The molecule has 0 aromatic heterocycles. The van der Waals surface area contributed by atoms with Crippen LogP contribution in [0.1, 0.15) is 27.0 Å². The first-order chi connectivity index (χ1) is 8.88. The first-order valence-corrected chi connectivity index (χ1v) is 6.07. The Morgan fingerprint density at radius 1 is 1.00 bits per heavy atom. The lowest BCUT2D eigenvalue weighted by atomic mass is 9.93. The van der Waals surface area contributed by atoms with E-state index in [1.165, 1.54) is 11.1 Å². The third kappa shape index (κ3) is 1.86. The second-order valence-electron chi connectivity index (χ2n) is 4.38. The zero-order valence-electron chi connectivity index (χ0n) is 9.97. The van der Waals surface area contributed by atoms with E-state index in [1.807, 2.05) is 30.3 Å². The van der Waals surface area contributed by atoms with Crippen LogP contribution in [0, 0.1) is 0 Å². The summed E-state index contributed by atoms with van der Waals surface area (Å²) in [5, 5.41) is 0. The summed E-state index contributed by atoms with van der Waals surface area (Å²) in [5.41, 5.74) is 5.37. The predicted molar refractivity (Wildman–Crippen MR) is 72.5 cm³/mol. The minimum atomic E-state index is 0.698. The fraction of sp³-hybridized carbons (Fsp3) is 0.125. The molecule has 0 radical (unpaired) electrons. The minimum Gasteiger partial charge on any atom is -0.298 e. The van der Waals surface area contributed by atoms with Gasteiger partial charge in [0, 0.05) is 23.2 Å². The highest BCUT2D eigenvalue weighted by Gasteiger charge is 2.14. The Morgan fingerprint density at radius 3 is 2.56 bits per heavy atom. The number of nitrogens with zero attached hydrogens (tertiary/aromatic N) is 1.